The first-order chi connectivity index (χ1) is 9.97. The van der Waals surface area contributed by atoms with Crippen LogP contribution in [0.4, 0.5) is 4.39 Å². The van der Waals surface area contributed by atoms with Crippen molar-refractivity contribution in [2.75, 3.05) is 14.2 Å². The summed E-state index contributed by atoms with van der Waals surface area (Å²) in [5.41, 5.74) is 5.32. The minimum Gasteiger partial charge on any atom is -0.497 e. The van der Waals surface area contributed by atoms with Crippen LogP contribution in [-0.4, -0.2) is 14.2 Å². The Kier molecular flexibility index (Phi) is 4.63. The Balaban J connectivity index is 2.55. The Morgan fingerprint density at radius 1 is 1.05 bits per heavy atom. The molecule has 1 N–H and O–H groups in total. The second kappa shape index (κ2) is 6.27. The monoisotopic (exact) mass is 287 g/mol. The van der Waals surface area contributed by atoms with E-state index in [2.05, 4.69) is 38.2 Å². The van der Waals surface area contributed by atoms with E-state index in [4.69, 9.17) is 4.74 Å². The zero-order valence-corrected chi connectivity index (χ0v) is 13.3. The molecular formula is C18H22FNO. The highest BCUT2D eigenvalue weighted by atomic mass is 19.1. The fourth-order valence-electron chi connectivity index (χ4n) is 2.97. The molecule has 3 heteroatoms. The van der Waals surface area contributed by atoms with Gasteiger partial charge in [-0.1, -0.05) is 23.8 Å². The van der Waals surface area contributed by atoms with Crippen molar-refractivity contribution in [2.45, 2.75) is 26.8 Å². The maximum absolute atomic E-state index is 14.4. The summed E-state index contributed by atoms with van der Waals surface area (Å²) in [6, 6.07) is 9.10. The van der Waals surface area contributed by atoms with Gasteiger partial charge in [-0.3, -0.25) is 0 Å². The van der Waals surface area contributed by atoms with E-state index in [0.29, 0.717) is 11.3 Å². The number of rotatable bonds is 4. The molecule has 0 spiro atoms. The lowest BCUT2D eigenvalue weighted by Crippen LogP contribution is -2.21. The minimum atomic E-state index is -0.256. The number of ether oxygens (including phenoxy) is 1. The van der Waals surface area contributed by atoms with Crippen LogP contribution in [0.1, 0.15) is 33.9 Å². The van der Waals surface area contributed by atoms with Crippen molar-refractivity contribution in [3.8, 4) is 5.75 Å². The van der Waals surface area contributed by atoms with Crippen molar-refractivity contribution in [3.63, 3.8) is 0 Å². The molecule has 1 unspecified atom stereocenters. The largest absolute Gasteiger partial charge is 0.497 e. The van der Waals surface area contributed by atoms with Gasteiger partial charge in [-0.2, -0.15) is 0 Å². The lowest BCUT2D eigenvalue weighted by Gasteiger charge is -2.23. The lowest BCUT2D eigenvalue weighted by molar-refractivity contribution is 0.410. The molecule has 2 nitrogen and oxygen atoms in total. The molecule has 0 fully saturated rings. The molecule has 0 heterocycles. The number of nitrogens with one attached hydrogen (secondary N) is 1. The number of benzene rings is 2. The first kappa shape index (κ1) is 15.5. The van der Waals surface area contributed by atoms with Crippen molar-refractivity contribution >= 4 is 0 Å². The zero-order chi connectivity index (χ0) is 15.6. The van der Waals surface area contributed by atoms with Crippen LogP contribution in [0.3, 0.4) is 0 Å². The highest BCUT2D eigenvalue weighted by Crippen LogP contribution is 2.31. The van der Waals surface area contributed by atoms with E-state index < -0.39 is 0 Å². The maximum atomic E-state index is 14.4. The summed E-state index contributed by atoms with van der Waals surface area (Å²) in [5.74, 6) is 0.275. The summed E-state index contributed by atoms with van der Waals surface area (Å²) in [6.45, 7) is 6.22. The molecule has 1 atom stereocenters. The molecule has 0 saturated heterocycles. The van der Waals surface area contributed by atoms with Gasteiger partial charge >= 0.3 is 0 Å². The van der Waals surface area contributed by atoms with Gasteiger partial charge in [-0.05, 0) is 50.6 Å². The third-order valence-electron chi connectivity index (χ3n) is 3.83. The summed E-state index contributed by atoms with van der Waals surface area (Å²) < 4.78 is 19.5. The fraction of sp³-hybridized carbons (Fsp3) is 0.333. The Labute approximate surface area is 126 Å². The van der Waals surface area contributed by atoms with Crippen molar-refractivity contribution in [3.05, 3.63) is 64.0 Å². The molecule has 0 aliphatic rings. The summed E-state index contributed by atoms with van der Waals surface area (Å²) in [4.78, 5) is 0. The van der Waals surface area contributed by atoms with Gasteiger partial charge in [-0.15, -0.1) is 0 Å². The van der Waals surface area contributed by atoms with Crippen LogP contribution < -0.4 is 10.1 Å². The molecule has 112 valence electrons. The predicted octanol–water partition coefficient (Wildman–Crippen LogP) is 4.07. The summed E-state index contributed by atoms with van der Waals surface area (Å²) in [5, 5.41) is 3.23. The van der Waals surface area contributed by atoms with Gasteiger partial charge in [0, 0.05) is 11.6 Å². The SMILES string of the molecule is CNC(c1ccc(OC)cc1F)c1c(C)cc(C)cc1C. The summed E-state index contributed by atoms with van der Waals surface area (Å²) >= 11 is 0. The van der Waals surface area contributed by atoms with E-state index in [-0.39, 0.29) is 11.9 Å². The van der Waals surface area contributed by atoms with Crippen LogP contribution in [0.15, 0.2) is 30.3 Å². The third kappa shape index (κ3) is 3.08. The van der Waals surface area contributed by atoms with Crippen LogP contribution in [0.5, 0.6) is 5.75 Å². The molecule has 2 aromatic rings. The number of methoxy groups -OCH3 is 1. The van der Waals surface area contributed by atoms with Crippen LogP contribution in [-0.2, 0) is 0 Å². The Morgan fingerprint density at radius 2 is 1.67 bits per heavy atom. The zero-order valence-electron chi connectivity index (χ0n) is 13.3. The first-order valence-corrected chi connectivity index (χ1v) is 7.06. The normalized spacial score (nSPS) is 12.3. The van der Waals surface area contributed by atoms with Crippen LogP contribution in [0.2, 0.25) is 0 Å². The number of hydrogen-bond acceptors (Lipinski definition) is 2. The third-order valence-corrected chi connectivity index (χ3v) is 3.83. The Hall–Kier alpha value is -1.87. The average molecular weight is 287 g/mol. The van der Waals surface area contributed by atoms with Crippen molar-refractivity contribution in [2.24, 2.45) is 0 Å². The fourth-order valence-corrected chi connectivity index (χ4v) is 2.97. The minimum absolute atomic E-state index is 0.170. The average Bonchev–Trinajstić information content (AvgIpc) is 2.43. The number of hydrogen-bond donors (Lipinski definition) is 1. The van der Waals surface area contributed by atoms with Gasteiger partial charge in [0.05, 0.1) is 13.2 Å². The van der Waals surface area contributed by atoms with E-state index in [1.165, 1.54) is 29.9 Å². The van der Waals surface area contributed by atoms with Crippen molar-refractivity contribution in [1.29, 1.82) is 0 Å². The molecule has 0 amide bonds. The maximum Gasteiger partial charge on any atom is 0.132 e. The van der Waals surface area contributed by atoms with Gasteiger partial charge in [0.25, 0.3) is 0 Å². The molecule has 0 bridgehead atoms. The molecule has 0 aromatic heterocycles. The standard InChI is InChI=1S/C18H22FNO/c1-11-8-12(2)17(13(3)9-11)18(20-4)15-7-6-14(21-5)10-16(15)19/h6-10,18,20H,1-5H3. The summed E-state index contributed by atoms with van der Waals surface area (Å²) in [7, 11) is 3.39. The molecule has 2 rings (SSSR count). The van der Waals surface area contributed by atoms with E-state index in [1.807, 2.05) is 7.05 Å². The number of aryl methyl sites for hydroxylation is 3. The Bertz CT molecular complexity index is 629. The molecule has 0 saturated carbocycles. The topological polar surface area (TPSA) is 21.3 Å². The van der Waals surface area contributed by atoms with E-state index in [1.54, 1.807) is 12.1 Å². The molecule has 0 aliphatic heterocycles. The van der Waals surface area contributed by atoms with Gasteiger partial charge in [-0.25, -0.2) is 4.39 Å². The Morgan fingerprint density at radius 3 is 2.14 bits per heavy atom. The highest BCUT2D eigenvalue weighted by molar-refractivity contribution is 5.45. The predicted molar refractivity (Wildman–Crippen MR) is 84.5 cm³/mol. The van der Waals surface area contributed by atoms with E-state index in [9.17, 15) is 4.39 Å². The molecule has 0 radical (unpaired) electrons. The van der Waals surface area contributed by atoms with Crippen LogP contribution in [0.25, 0.3) is 0 Å². The lowest BCUT2D eigenvalue weighted by atomic mass is 9.90. The van der Waals surface area contributed by atoms with Gasteiger partial charge in [0.2, 0.25) is 0 Å². The second-order valence-electron chi connectivity index (χ2n) is 5.42. The van der Waals surface area contributed by atoms with Crippen LogP contribution in [0, 0.1) is 26.6 Å². The van der Waals surface area contributed by atoms with Gasteiger partial charge < -0.3 is 10.1 Å². The van der Waals surface area contributed by atoms with E-state index in [0.717, 1.165) is 5.56 Å². The molecule has 2 aromatic carbocycles. The smallest absolute Gasteiger partial charge is 0.132 e. The quantitative estimate of drug-likeness (QED) is 0.915. The van der Waals surface area contributed by atoms with Crippen molar-refractivity contribution < 1.29 is 9.13 Å². The first-order valence-electron chi connectivity index (χ1n) is 7.06. The van der Waals surface area contributed by atoms with E-state index >= 15 is 0 Å². The molecular weight excluding hydrogens is 265 g/mol. The molecule has 0 aliphatic carbocycles. The highest BCUT2D eigenvalue weighted by Gasteiger charge is 2.20. The van der Waals surface area contributed by atoms with Gasteiger partial charge in [0.1, 0.15) is 11.6 Å². The summed E-state index contributed by atoms with van der Waals surface area (Å²) in [6.07, 6.45) is 0. The number of halogens is 1. The molecule has 21 heavy (non-hydrogen) atoms. The van der Waals surface area contributed by atoms with Crippen molar-refractivity contribution in [1.82, 2.24) is 5.32 Å². The van der Waals surface area contributed by atoms with Gasteiger partial charge in [0.15, 0.2) is 0 Å². The van der Waals surface area contributed by atoms with Crippen LogP contribution >= 0.6 is 0 Å². The second-order valence-corrected chi connectivity index (χ2v) is 5.42.